The van der Waals surface area contributed by atoms with Gasteiger partial charge in [-0.15, -0.1) is 0 Å². The average molecular weight is 385 g/mol. The Balaban J connectivity index is 2.22. The first-order valence-electron chi connectivity index (χ1n) is 9.67. The zero-order chi connectivity index (χ0) is 20.7. The second kappa shape index (κ2) is 9.71. The molecule has 4 unspecified atom stereocenters. The van der Waals surface area contributed by atoms with E-state index in [0.717, 1.165) is 11.1 Å². The number of rotatable bonds is 8. The molecule has 0 aliphatic carbocycles. The summed E-state index contributed by atoms with van der Waals surface area (Å²) in [5.41, 5.74) is 13.5. The summed E-state index contributed by atoms with van der Waals surface area (Å²) in [7, 11) is 0. The number of aliphatic hydroxyl groups excluding tert-OH is 1. The predicted octanol–water partition coefficient (Wildman–Crippen LogP) is 3.60. The Labute approximate surface area is 167 Å². The number of hydrogen-bond acceptors (Lipinski definition) is 4. The molecule has 0 radical (unpaired) electrons. The second-order valence-electron chi connectivity index (χ2n) is 8.39. The zero-order valence-electron chi connectivity index (χ0n) is 16.9. The van der Waals surface area contributed by atoms with Crippen molar-refractivity contribution in [3.63, 3.8) is 0 Å². The van der Waals surface area contributed by atoms with Gasteiger partial charge in [-0.2, -0.15) is 0 Å². The van der Waals surface area contributed by atoms with E-state index >= 15 is 0 Å². The van der Waals surface area contributed by atoms with Crippen molar-refractivity contribution in [1.29, 1.82) is 0 Å². The van der Waals surface area contributed by atoms with Crippen LogP contribution in [0.5, 0.6) is 0 Å². The van der Waals surface area contributed by atoms with E-state index in [1.54, 1.807) is 0 Å². The molecule has 2 aromatic carbocycles. The minimum Gasteiger partial charge on any atom is -0.446 e. The fourth-order valence-electron chi connectivity index (χ4n) is 3.77. The average Bonchev–Trinajstić information content (AvgIpc) is 2.61. The summed E-state index contributed by atoms with van der Waals surface area (Å²) in [6.07, 6.45) is -1.52. The van der Waals surface area contributed by atoms with Gasteiger partial charge in [0.05, 0.1) is 6.10 Å². The molecule has 0 aliphatic heterocycles. The van der Waals surface area contributed by atoms with Crippen LogP contribution in [-0.2, 0) is 11.2 Å². The summed E-state index contributed by atoms with van der Waals surface area (Å²) in [6, 6.07) is 19.2. The quantitative estimate of drug-likeness (QED) is 0.647. The number of amides is 1. The van der Waals surface area contributed by atoms with Crippen LogP contribution in [0.1, 0.15) is 44.2 Å². The molecule has 0 fully saturated rings. The summed E-state index contributed by atoms with van der Waals surface area (Å²) in [5, 5.41) is 10.8. The highest BCUT2D eigenvalue weighted by Gasteiger charge is 2.37. The summed E-state index contributed by atoms with van der Waals surface area (Å²) in [6.45, 7) is 6.24. The molecular weight excluding hydrogens is 352 g/mol. The van der Waals surface area contributed by atoms with Gasteiger partial charge >= 0.3 is 6.09 Å². The molecular formula is C23H32N2O3. The largest absolute Gasteiger partial charge is 0.446 e. The molecule has 28 heavy (non-hydrogen) atoms. The molecule has 4 atom stereocenters. The van der Waals surface area contributed by atoms with Gasteiger partial charge in [0.2, 0.25) is 0 Å². The molecule has 2 rings (SSSR count). The third-order valence-electron chi connectivity index (χ3n) is 5.01. The lowest BCUT2D eigenvalue weighted by Gasteiger charge is -2.38. The Morgan fingerprint density at radius 1 is 1.04 bits per heavy atom. The first-order chi connectivity index (χ1) is 13.2. The Hall–Kier alpha value is -2.37. The van der Waals surface area contributed by atoms with Gasteiger partial charge in [-0.05, 0) is 23.0 Å². The third kappa shape index (κ3) is 6.36. The lowest BCUT2D eigenvalue weighted by molar-refractivity contribution is 0.0140. The summed E-state index contributed by atoms with van der Waals surface area (Å²) in [5.74, 6) is -0.139. The van der Waals surface area contributed by atoms with E-state index in [2.05, 4.69) is 20.8 Å². The summed E-state index contributed by atoms with van der Waals surface area (Å²) < 4.78 is 5.49. The first-order valence-corrected chi connectivity index (χ1v) is 9.67. The van der Waals surface area contributed by atoms with Crippen LogP contribution >= 0.6 is 0 Å². The van der Waals surface area contributed by atoms with Crippen molar-refractivity contribution in [3.8, 4) is 0 Å². The lowest BCUT2D eigenvalue weighted by Crippen LogP contribution is -2.43. The van der Waals surface area contributed by atoms with E-state index in [9.17, 15) is 9.90 Å². The highest BCUT2D eigenvalue weighted by Crippen LogP contribution is 2.40. The molecule has 5 heteroatoms. The standard InChI is InChI=1S/C23H32N2O3/c1-23(2,3)21(17-12-8-5-9-13-17)20(28-22(25)27)15-19(26)18(24)14-16-10-6-4-7-11-16/h4-13,18-21,26H,14-15,24H2,1-3H3,(H2,25,27). The van der Waals surface area contributed by atoms with E-state index in [1.807, 2.05) is 60.7 Å². The summed E-state index contributed by atoms with van der Waals surface area (Å²) >= 11 is 0. The van der Waals surface area contributed by atoms with Crippen molar-refractivity contribution in [2.45, 2.75) is 57.8 Å². The molecule has 1 amide bonds. The second-order valence-corrected chi connectivity index (χ2v) is 8.39. The van der Waals surface area contributed by atoms with Gasteiger partial charge < -0.3 is 21.3 Å². The van der Waals surface area contributed by atoms with Gasteiger partial charge in [-0.3, -0.25) is 0 Å². The molecule has 0 bridgehead atoms. The molecule has 0 heterocycles. The molecule has 0 saturated carbocycles. The number of primary amides is 1. The monoisotopic (exact) mass is 384 g/mol. The van der Waals surface area contributed by atoms with Gasteiger partial charge in [0.1, 0.15) is 6.10 Å². The highest BCUT2D eigenvalue weighted by atomic mass is 16.6. The van der Waals surface area contributed by atoms with Crippen LogP contribution < -0.4 is 11.5 Å². The molecule has 5 nitrogen and oxygen atoms in total. The lowest BCUT2D eigenvalue weighted by atomic mass is 9.71. The smallest absolute Gasteiger partial charge is 0.404 e. The van der Waals surface area contributed by atoms with Crippen LogP contribution in [-0.4, -0.2) is 29.4 Å². The number of aliphatic hydroxyl groups is 1. The van der Waals surface area contributed by atoms with E-state index < -0.39 is 24.3 Å². The molecule has 5 N–H and O–H groups in total. The van der Waals surface area contributed by atoms with E-state index in [4.69, 9.17) is 16.2 Å². The number of nitrogens with two attached hydrogens (primary N) is 2. The fraction of sp³-hybridized carbons (Fsp3) is 0.435. The maximum absolute atomic E-state index is 11.6. The van der Waals surface area contributed by atoms with Crippen molar-refractivity contribution in [2.75, 3.05) is 0 Å². The predicted molar refractivity (Wildman–Crippen MR) is 112 cm³/mol. The highest BCUT2D eigenvalue weighted by molar-refractivity contribution is 5.65. The molecule has 152 valence electrons. The first kappa shape index (κ1) is 21.9. The molecule has 0 spiro atoms. The normalized spacial score (nSPS) is 16.0. The fourth-order valence-corrected chi connectivity index (χ4v) is 3.77. The topological polar surface area (TPSA) is 98.6 Å². The number of carbonyl (C=O) groups is 1. The molecule has 0 aromatic heterocycles. The van der Waals surface area contributed by atoms with Crippen LogP contribution in [0.15, 0.2) is 60.7 Å². The van der Waals surface area contributed by atoms with Gasteiger partial charge in [0, 0.05) is 18.4 Å². The minimum atomic E-state index is -0.848. The maximum Gasteiger partial charge on any atom is 0.404 e. The van der Waals surface area contributed by atoms with Gasteiger partial charge in [0.15, 0.2) is 0 Å². The zero-order valence-corrected chi connectivity index (χ0v) is 16.9. The molecule has 0 saturated heterocycles. The van der Waals surface area contributed by atoms with Crippen LogP contribution in [0.2, 0.25) is 0 Å². The van der Waals surface area contributed by atoms with Crippen LogP contribution in [0.3, 0.4) is 0 Å². The van der Waals surface area contributed by atoms with Crippen LogP contribution in [0.4, 0.5) is 4.79 Å². The Bertz CT molecular complexity index is 729. The minimum absolute atomic E-state index is 0.139. The third-order valence-corrected chi connectivity index (χ3v) is 5.01. The Morgan fingerprint density at radius 2 is 1.57 bits per heavy atom. The summed E-state index contributed by atoms with van der Waals surface area (Å²) in [4.78, 5) is 11.6. The van der Waals surface area contributed by atoms with Crippen molar-refractivity contribution in [1.82, 2.24) is 0 Å². The van der Waals surface area contributed by atoms with Crippen molar-refractivity contribution in [2.24, 2.45) is 16.9 Å². The Kier molecular flexibility index (Phi) is 7.61. The van der Waals surface area contributed by atoms with Crippen molar-refractivity contribution >= 4 is 6.09 Å². The van der Waals surface area contributed by atoms with Crippen LogP contribution in [0, 0.1) is 5.41 Å². The maximum atomic E-state index is 11.6. The molecule has 2 aromatic rings. The SMILES string of the molecule is CC(C)(C)C(c1ccccc1)C(CC(O)C(N)Cc1ccccc1)OC(N)=O. The van der Waals surface area contributed by atoms with E-state index in [-0.39, 0.29) is 17.8 Å². The van der Waals surface area contributed by atoms with E-state index in [0.29, 0.717) is 6.42 Å². The van der Waals surface area contributed by atoms with Crippen molar-refractivity contribution in [3.05, 3.63) is 71.8 Å². The Morgan fingerprint density at radius 3 is 2.07 bits per heavy atom. The van der Waals surface area contributed by atoms with Crippen LogP contribution in [0.25, 0.3) is 0 Å². The number of hydrogen-bond donors (Lipinski definition) is 3. The van der Waals surface area contributed by atoms with Gasteiger partial charge in [0.25, 0.3) is 0 Å². The number of benzene rings is 2. The molecule has 0 aliphatic rings. The number of carbonyl (C=O) groups excluding carboxylic acids is 1. The van der Waals surface area contributed by atoms with E-state index in [1.165, 1.54) is 0 Å². The number of ether oxygens (including phenoxy) is 1. The van der Waals surface area contributed by atoms with Gasteiger partial charge in [-0.1, -0.05) is 81.4 Å². The van der Waals surface area contributed by atoms with Gasteiger partial charge in [-0.25, -0.2) is 4.79 Å². The van der Waals surface area contributed by atoms with Crippen molar-refractivity contribution < 1.29 is 14.6 Å².